The molecule has 2 rings (SSSR count). The van der Waals surface area contributed by atoms with Gasteiger partial charge in [-0.25, -0.2) is 0 Å². The Morgan fingerprint density at radius 2 is 2.35 bits per heavy atom. The number of nitro groups is 1. The number of halogens is 1. The van der Waals surface area contributed by atoms with E-state index in [-0.39, 0.29) is 16.8 Å². The molecule has 0 unspecified atom stereocenters. The normalized spacial score (nSPS) is 19.9. The average Bonchev–Trinajstić information content (AvgIpc) is 2.33. The zero-order valence-corrected chi connectivity index (χ0v) is 9.94. The summed E-state index contributed by atoms with van der Waals surface area (Å²) in [7, 11) is 0. The number of piperidine rings is 1. The fourth-order valence-electron chi connectivity index (χ4n) is 1.80. The Morgan fingerprint density at radius 3 is 2.94 bits per heavy atom. The molecule has 1 fully saturated rings. The molecule has 1 atom stereocenters. The van der Waals surface area contributed by atoms with Gasteiger partial charge >= 0.3 is 0 Å². The molecule has 0 saturated carbocycles. The van der Waals surface area contributed by atoms with Gasteiger partial charge < -0.3 is 10.1 Å². The van der Waals surface area contributed by atoms with E-state index >= 15 is 0 Å². The van der Waals surface area contributed by atoms with Gasteiger partial charge in [-0.2, -0.15) is 0 Å². The summed E-state index contributed by atoms with van der Waals surface area (Å²) in [4.78, 5) is 10.1. The summed E-state index contributed by atoms with van der Waals surface area (Å²) in [5, 5.41) is 14.1. The fraction of sp³-hybridized carbons (Fsp3) is 0.455. The first-order valence-corrected chi connectivity index (χ1v) is 5.86. The van der Waals surface area contributed by atoms with Gasteiger partial charge in [0, 0.05) is 18.7 Å². The molecule has 6 heteroatoms. The van der Waals surface area contributed by atoms with Gasteiger partial charge in [-0.1, -0.05) is 11.6 Å². The zero-order chi connectivity index (χ0) is 12.3. The van der Waals surface area contributed by atoms with Crippen LogP contribution in [-0.2, 0) is 0 Å². The monoisotopic (exact) mass is 256 g/mol. The van der Waals surface area contributed by atoms with E-state index in [2.05, 4.69) is 5.32 Å². The maximum absolute atomic E-state index is 10.6. The molecule has 0 aliphatic carbocycles. The Labute approximate surface area is 104 Å². The van der Waals surface area contributed by atoms with Crippen LogP contribution in [0.1, 0.15) is 12.8 Å². The predicted octanol–water partition coefficient (Wildman–Crippen LogP) is 2.38. The van der Waals surface area contributed by atoms with Gasteiger partial charge in [0.1, 0.15) is 11.9 Å². The highest BCUT2D eigenvalue weighted by molar-refractivity contribution is 6.32. The molecule has 0 aromatic heterocycles. The molecule has 5 nitrogen and oxygen atoms in total. The standard InChI is InChI=1S/C11H13ClN2O3/c12-10-6-8(14(15)16)3-4-11(10)17-9-2-1-5-13-7-9/h3-4,6,9,13H,1-2,5,7H2/t9-/m1/s1. The highest BCUT2D eigenvalue weighted by Gasteiger charge is 2.17. The third kappa shape index (κ3) is 3.08. The molecule has 1 N–H and O–H groups in total. The lowest BCUT2D eigenvalue weighted by Crippen LogP contribution is -2.37. The van der Waals surface area contributed by atoms with E-state index in [1.807, 2.05) is 0 Å². The van der Waals surface area contributed by atoms with Gasteiger partial charge in [0.2, 0.25) is 0 Å². The van der Waals surface area contributed by atoms with Crippen LogP contribution in [0.15, 0.2) is 18.2 Å². The van der Waals surface area contributed by atoms with E-state index in [0.29, 0.717) is 5.75 Å². The van der Waals surface area contributed by atoms with Gasteiger partial charge in [0.05, 0.1) is 9.95 Å². The summed E-state index contributed by atoms with van der Waals surface area (Å²) in [5.41, 5.74) is -0.0240. The average molecular weight is 257 g/mol. The quantitative estimate of drug-likeness (QED) is 0.666. The highest BCUT2D eigenvalue weighted by Crippen LogP contribution is 2.30. The van der Waals surface area contributed by atoms with Crippen LogP contribution >= 0.6 is 11.6 Å². The minimum absolute atomic E-state index is 0.0240. The second-order valence-corrected chi connectivity index (χ2v) is 4.37. The molecule has 17 heavy (non-hydrogen) atoms. The Hall–Kier alpha value is -1.33. The third-order valence-corrected chi connectivity index (χ3v) is 2.97. The summed E-state index contributed by atoms with van der Waals surface area (Å²) in [5.74, 6) is 0.506. The second kappa shape index (κ2) is 5.33. The van der Waals surface area contributed by atoms with E-state index in [9.17, 15) is 10.1 Å². The molecular weight excluding hydrogens is 244 g/mol. The van der Waals surface area contributed by atoms with Crippen molar-refractivity contribution in [2.24, 2.45) is 0 Å². The maximum atomic E-state index is 10.6. The number of nitro benzene ring substituents is 1. The Morgan fingerprint density at radius 1 is 1.53 bits per heavy atom. The molecule has 1 aromatic carbocycles. The van der Waals surface area contributed by atoms with Crippen LogP contribution in [0.3, 0.4) is 0 Å². The van der Waals surface area contributed by atoms with Crippen molar-refractivity contribution < 1.29 is 9.66 Å². The number of rotatable bonds is 3. The first-order chi connectivity index (χ1) is 8.16. The smallest absolute Gasteiger partial charge is 0.271 e. The zero-order valence-electron chi connectivity index (χ0n) is 9.19. The van der Waals surface area contributed by atoms with Crippen LogP contribution < -0.4 is 10.1 Å². The van der Waals surface area contributed by atoms with Gasteiger partial charge in [-0.05, 0) is 25.5 Å². The summed E-state index contributed by atoms with van der Waals surface area (Å²) in [6, 6.07) is 4.26. The summed E-state index contributed by atoms with van der Waals surface area (Å²) in [6.45, 7) is 1.79. The Kier molecular flexibility index (Phi) is 3.81. The molecule has 92 valence electrons. The number of hydrogen-bond acceptors (Lipinski definition) is 4. The van der Waals surface area contributed by atoms with Gasteiger partial charge in [-0.15, -0.1) is 0 Å². The predicted molar refractivity (Wildman–Crippen MR) is 64.6 cm³/mol. The minimum Gasteiger partial charge on any atom is -0.488 e. The highest BCUT2D eigenvalue weighted by atomic mass is 35.5. The summed E-state index contributed by atoms with van der Waals surface area (Å²) in [6.07, 6.45) is 2.12. The largest absolute Gasteiger partial charge is 0.488 e. The van der Waals surface area contributed by atoms with E-state index < -0.39 is 4.92 Å². The lowest BCUT2D eigenvalue weighted by Gasteiger charge is -2.24. The maximum Gasteiger partial charge on any atom is 0.271 e. The number of hydrogen-bond donors (Lipinski definition) is 1. The van der Waals surface area contributed by atoms with Crippen LogP contribution in [-0.4, -0.2) is 24.1 Å². The number of ether oxygens (including phenoxy) is 1. The Bertz CT molecular complexity index is 419. The number of benzene rings is 1. The van der Waals surface area contributed by atoms with Crippen LogP contribution in [0.5, 0.6) is 5.75 Å². The SMILES string of the molecule is O=[N+]([O-])c1ccc(O[C@@H]2CCCNC2)c(Cl)c1. The van der Waals surface area contributed by atoms with Gasteiger partial charge in [0.15, 0.2) is 0 Å². The van der Waals surface area contributed by atoms with E-state index in [4.69, 9.17) is 16.3 Å². The van der Waals surface area contributed by atoms with E-state index in [0.717, 1.165) is 25.9 Å². The number of nitrogens with zero attached hydrogens (tertiary/aromatic N) is 1. The fourth-order valence-corrected chi connectivity index (χ4v) is 2.02. The van der Waals surface area contributed by atoms with Crippen molar-refractivity contribution in [3.63, 3.8) is 0 Å². The van der Waals surface area contributed by atoms with Crippen molar-refractivity contribution in [2.75, 3.05) is 13.1 Å². The topological polar surface area (TPSA) is 64.4 Å². The molecule has 0 radical (unpaired) electrons. The van der Waals surface area contributed by atoms with Crippen molar-refractivity contribution >= 4 is 17.3 Å². The van der Waals surface area contributed by atoms with Crippen LogP contribution in [0.2, 0.25) is 5.02 Å². The molecular formula is C11H13ClN2O3. The van der Waals surface area contributed by atoms with Crippen molar-refractivity contribution in [2.45, 2.75) is 18.9 Å². The van der Waals surface area contributed by atoms with Crippen LogP contribution in [0.25, 0.3) is 0 Å². The van der Waals surface area contributed by atoms with Crippen molar-refractivity contribution in [3.8, 4) is 5.75 Å². The molecule has 0 spiro atoms. The van der Waals surface area contributed by atoms with Crippen LogP contribution in [0.4, 0.5) is 5.69 Å². The molecule has 1 aliphatic rings. The van der Waals surface area contributed by atoms with E-state index in [1.54, 1.807) is 6.07 Å². The van der Waals surface area contributed by atoms with Gasteiger partial charge in [0.25, 0.3) is 5.69 Å². The second-order valence-electron chi connectivity index (χ2n) is 3.96. The Balaban J connectivity index is 2.08. The summed E-state index contributed by atoms with van der Waals surface area (Å²) >= 11 is 5.94. The molecule has 0 amide bonds. The molecule has 1 heterocycles. The first-order valence-electron chi connectivity index (χ1n) is 5.48. The van der Waals surface area contributed by atoms with Crippen LogP contribution in [0, 0.1) is 10.1 Å². The molecule has 1 aromatic rings. The third-order valence-electron chi connectivity index (χ3n) is 2.67. The van der Waals surface area contributed by atoms with Gasteiger partial charge in [-0.3, -0.25) is 10.1 Å². The lowest BCUT2D eigenvalue weighted by atomic mass is 10.1. The summed E-state index contributed by atoms with van der Waals surface area (Å²) < 4.78 is 5.70. The van der Waals surface area contributed by atoms with Crippen molar-refractivity contribution in [1.29, 1.82) is 0 Å². The van der Waals surface area contributed by atoms with E-state index in [1.165, 1.54) is 12.1 Å². The first kappa shape index (κ1) is 12.1. The number of non-ortho nitro benzene ring substituents is 1. The molecule has 1 aliphatic heterocycles. The lowest BCUT2D eigenvalue weighted by molar-refractivity contribution is -0.384. The molecule has 1 saturated heterocycles. The minimum atomic E-state index is -0.474. The van der Waals surface area contributed by atoms with Crippen molar-refractivity contribution in [1.82, 2.24) is 5.32 Å². The van der Waals surface area contributed by atoms with Crippen molar-refractivity contribution in [3.05, 3.63) is 33.3 Å². The number of nitrogens with one attached hydrogen (secondary N) is 1. The molecule has 0 bridgehead atoms.